The van der Waals surface area contributed by atoms with Gasteiger partial charge in [-0.25, -0.2) is 0 Å². The molecule has 0 aliphatic rings. The molecule has 3 amide bonds. The van der Waals surface area contributed by atoms with E-state index in [1.165, 1.54) is 11.2 Å². The molecule has 3 heterocycles. The maximum atomic E-state index is 13.8. The predicted molar refractivity (Wildman–Crippen MR) is 135 cm³/mol. The van der Waals surface area contributed by atoms with Crippen LogP contribution in [0.3, 0.4) is 0 Å². The maximum absolute atomic E-state index is 13.8. The van der Waals surface area contributed by atoms with Gasteiger partial charge in [-0.1, -0.05) is 12.1 Å². The molecule has 0 saturated heterocycles. The van der Waals surface area contributed by atoms with Crippen LogP contribution in [0.25, 0.3) is 0 Å². The number of primary amides is 1. The maximum Gasteiger partial charge on any atom is 0.270 e. The second kappa shape index (κ2) is 11.0. The number of anilines is 1. The van der Waals surface area contributed by atoms with Crippen molar-refractivity contribution in [3.05, 3.63) is 88.2 Å². The van der Waals surface area contributed by atoms with E-state index >= 15 is 0 Å². The number of carbonyl (C=O) groups is 3. The Bertz CT molecular complexity index is 1390. The predicted octanol–water partition coefficient (Wildman–Crippen LogP) is 3.03. The fourth-order valence-corrected chi connectivity index (χ4v) is 4.43. The molecule has 4 rings (SSSR count). The van der Waals surface area contributed by atoms with Gasteiger partial charge in [0.2, 0.25) is 0 Å². The number of hydrogen-bond acceptors (Lipinski definition) is 9. The Balaban J connectivity index is 1.70. The van der Waals surface area contributed by atoms with Crippen LogP contribution in [0, 0.1) is 6.92 Å². The van der Waals surface area contributed by atoms with Gasteiger partial charge in [0.1, 0.15) is 27.9 Å². The largest absolute Gasteiger partial charge is 0.497 e. The number of amides is 3. The van der Waals surface area contributed by atoms with Crippen molar-refractivity contribution in [2.24, 2.45) is 5.73 Å². The zero-order valence-electron chi connectivity index (χ0n) is 20.1. The summed E-state index contributed by atoms with van der Waals surface area (Å²) in [7, 11) is 1.57. The van der Waals surface area contributed by atoms with Crippen molar-refractivity contribution in [2.75, 3.05) is 12.8 Å². The molecule has 0 radical (unpaired) electrons. The van der Waals surface area contributed by atoms with Crippen molar-refractivity contribution < 1.29 is 28.0 Å². The molecule has 0 saturated carbocycles. The molecule has 0 bridgehead atoms. The summed E-state index contributed by atoms with van der Waals surface area (Å²) >= 11 is 0.725. The molecule has 192 valence electrons. The molecular weight excluding hydrogens is 498 g/mol. The highest BCUT2D eigenvalue weighted by Crippen LogP contribution is 2.31. The lowest BCUT2D eigenvalue weighted by Crippen LogP contribution is -2.43. The second-order valence-electron chi connectivity index (χ2n) is 8.07. The number of methoxy groups -OCH3 is 1. The van der Waals surface area contributed by atoms with Gasteiger partial charge < -0.3 is 35.3 Å². The van der Waals surface area contributed by atoms with Crippen LogP contribution in [0.5, 0.6) is 5.75 Å². The molecule has 0 fully saturated rings. The van der Waals surface area contributed by atoms with E-state index in [0.29, 0.717) is 17.3 Å². The summed E-state index contributed by atoms with van der Waals surface area (Å²) < 4.78 is 20.3. The van der Waals surface area contributed by atoms with Gasteiger partial charge in [0.15, 0.2) is 11.7 Å². The molecule has 0 spiro atoms. The number of nitrogens with zero attached hydrogens (tertiary/aromatic N) is 2. The van der Waals surface area contributed by atoms with E-state index in [0.717, 1.165) is 17.1 Å². The highest BCUT2D eigenvalue weighted by Gasteiger charge is 2.37. The molecule has 37 heavy (non-hydrogen) atoms. The Morgan fingerprint density at radius 1 is 1.16 bits per heavy atom. The Morgan fingerprint density at radius 2 is 1.92 bits per heavy atom. The van der Waals surface area contributed by atoms with E-state index in [4.69, 9.17) is 25.0 Å². The van der Waals surface area contributed by atoms with Gasteiger partial charge >= 0.3 is 0 Å². The smallest absolute Gasteiger partial charge is 0.270 e. The fourth-order valence-electron chi connectivity index (χ4n) is 3.66. The molecule has 11 nitrogen and oxygen atoms in total. The minimum Gasteiger partial charge on any atom is -0.497 e. The summed E-state index contributed by atoms with van der Waals surface area (Å²) in [6, 6.07) is 12.7. The van der Waals surface area contributed by atoms with Gasteiger partial charge in [-0.3, -0.25) is 14.4 Å². The number of hydrogen-bond donors (Lipinski definition) is 3. The number of nitrogen functional groups attached to an aromatic ring is 1. The monoisotopic (exact) mass is 523 g/mol. The first-order valence-electron chi connectivity index (χ1n) is 11.1. The van der Waals surface area contributed by atoms with Crippen LogP contribution in [0.4, 0.5) is 5.69 Å². The van der Waals surface area contributed by atoms with E-state index < -0.39 is 23.8 Å². The number of aryl methyl sites for hydroxylation is 1. The summed E-state index contributed by atoms with van der Waals surface area (Å²) in [5.74, 6) is -0.0966. The van der Waals surface area contributed by atoms with E-state index in [1.807, 2.05) is 12.1 Å². The number of aromatic nitrogens is 1. The average molecular weight is 524 g/mol. The summed E-state index contributed by atoms with van der Waals surface area (Å²) in [6.45, 7) is 1.83. The molecule has 0 aliphatic heterocycles. The molecule has 0 aliphatic carbocycles. The molecule has 1 aromatic carbocycles. The second-order valence-corrected chi connectivity index (χ2v) is 8.84. The highest BCUT2D eigenvalue weighted by molar-refractivity contribution is 7.09. The molecule has 5 N–H and O–H groups in total. The Labute approximate surface area is 216 Å². The minimum absolute atomic E-state index is 0.0309. The van der Waals surface area contributed by atoms with Gasteiger partial charge in [0, 0.05) is 6.54 Å². The normalized spacial score (nSPS) is 11.6. The fraction of sp³-hybridized carbons (Fsp3) is 0.200. The van der Waals surface area contributed by atoms with Crippen LogP contribution in [-0.2, 0) is 17.9 Å². The number of nitrogens with two attached hydrogens (primary N) is 2. The minimum atomic E-state index is -1.19. The Kier molecular flexibility index (Phi) is 7.58. The first-order valence-corrected chi connectivity index (χ1v) is 11.9. The third kappa shape index (κ3) is 5.64. The van der Waals surface area contributed by atoms with Crippen LogP contribution in [0.15, 0.2) is 63.6 Å². The number of nitrogens with one attached hydrogen (secondary N) is 1. The summed E-state index contributed by atoms with van der Waals surface area (Å²) in [4.78, 5) is 40.3. The molecule has 3 aromatic heterocycles. The van der Waals surface area contributed by atoms with Crippen LogP contribution in [-0.4, -0.2) is 34.1 Å². The van der Waals surface area contributed by atoms with E-state index in [9.17, 15) is 14.4 Å². The molecule has 12 heteroatoms. The molecule has 4 aromatic rings. The zero-order chi connectivity index (χ0) is 26.5. The Morgan fingerprint density at radius 3 is 2.49 bits per heavy atom. The summed E-state index contributed by atoms with van der Waals surface area (Å²) in [5.41, 5.74) is 11.8. The van der Waals surface area contributed by atoms with E-state index in [2.05, 4.69) is 9.69 Å². The SMILES string of the molecule is COc1ccc(CNC(=O)[C@@H](c2ccc(C)o2)N(Cc2ccco2)C(=O)c2snc(C(N)=O)c2N)cc1. The quantitative estimate of drug-likeness (QED) is 0.285. The van der Waals surface area contributed by atoms with Crippen LogP contribution < -0.4 is 21.5 Å². The number of rotatable bonds is 10. The van der Waals surface area contributed by atoms with Gasteiger partial charge in [0.25, 0.3) is 17.7 Å². The lowest BCUT2D eigenvalue weighted by molar-refractivity contribution is -0.126. The first kappa shape index (κ1) is 25.5. The zero-order valence-corrected chi connectivity index (χ0v) is 20.9. The van der Waals surface area contributed by atoms with Crippen molar-refractivity contribution >= 4 is 34.9 Å². The van der Waals surface area contributed by atoms with Crippen molar-refractivity contribution in [1.29, 1.82) is 0 Å². The molecule has 0 unspecified atom stereocenters. The Hall–Kier alpha value is -4.58. The number of ether oxygens (including phenoxy) is 1. The summed E-state index contributed by atoms with van der Waals surface area (Å²) in [6.07, 6.45) is 1.46. The van der Waals surface area contributed by atoms with Crippen LogP contribution in [0.2, 0.25) is 0 Å². The van der Waals surface area contributed by atoms with Crippen molar-refractivity contribution in [2.45, 2.75) is 26.1 Å². The topological polar surface area (TPSA) is 167 Å². The van der Waals surface area contributed by atoms with Gasteiger partial charge in [-0.2, -0.15) is 4.37 Å². The van der Waals surface area contributed by atoms with Gasteiger partial charge in [0.05, 0.1) is 25.6 Å². The van der Waals surface area contributed by atoms with Gasteiger partial charge in [-0.15, -0.1) is 0 Å². The molecule has 1 atom stereocenters. The number of carbonyl (C=O) groups excluding carboxylic acids is 3. The van der Waals surface area contributed by atoms with Crippen molar-refractivity contribution in [1.82, 2.24) is 14.6 Å². The van der Waals surface area contributed by atoms with E-state index in [1.54, 1.807) is 50.4 Å². The highest BCUT2D eigenvalue weighted by atomic mass is 32.1. The van der Waals surface area contributed by atoms with Crippen LogP contribution >= 0.6 is 11.5 Å². The number of furan rings is 2. The van der Waals surface area contributed by atoms with Gasteiger partial charge in [-0.05, 0) is 60.4 Å². The van der Waals surface area contributed by atoms with Crippen LogP contribution in [0.1, 0.15) is 49.0 Å². The standard InChI is InChI=1S/C25H25N5O6S/c1-14-5-10-18(36-14)21(24(32)28-12-15-6-8-16(34-2)9-7-15)30(13-17-4-3-11-35-17)25(33)22-19(26)20(23(27)31)29-37-22/h3-11,21H,12-13,26H2,1-2H3,(H2,27,31)(H,28,32)/t21-/m1/s1. The first-order chi connectivity index (χ1) is 17.8. The lowest BCUT2D eigenvalue weighted by atomic mass is 10.1. The number of benzene rings is 1. The van der Waals surface area contributed by atoms with E-state index in [-0.39, 0.29) is 35.1 Å². The summed E-state index contributed by atoms with van der Waals surface area (Å²) in [5, 5.41) is 2.87. The third-order valence-electron chi connectivity index (χ3n) is 5.54. The lowest BCUT2D eigenvalue weighted by Gasteiger charge is -2.29. The third-order valence-corrected chi connectivity index (χ3v) is 6.39. The van der Waals surface area contributed by atoms with Crippen molar-refractivity contribution in [3.8, 4) is 5.75 Å². The van der Waals surface area contributed by atoms with Crippen molar-refractivity contribution in [3.63, 3.8) is 0 Å². The molecular formula is C25H25N5O6S. The average Bonchev–Trinajstić information content (AvgIpc) is 3.64.